The molecule has 0 amide bonds. The summed E-state index contributed by atoms with van der Waals surface area (Å²) in [6.45, 7) is 4.13. The zero-order valence-electron chi connectivity index (χ0n) is 11.6. The molecule has 1 fully saturated rings. The van der Waals surface area contributed by atoms with Gasteiger partial charge in [-0.15, -0.1) is 0 Å². The number of sulfonamides is 1. The van der Waals surface area contributed by atoms with Gasteiger partial charge in [0.2, 0.25) is 10.0 Å². The van der Waals surface area contributed by atoms with Crippen LogP contribution >= 0.6 is 12.2 Å². The summed E-state index contributed by atoms with van der Waals surface area (Å²) >= 11 is 4.84. The summed E-state index contributed by atoms with van der Waals surface area (Å²) in [6, 6.07) is 6.23. The molecule has 6 nitrogen and oxygen atoms in total. The number of nitrogens with one attached hydrogen (secondary N) is 1. The number of nitrogens with two attached hydrogens (primary N) is 1. The van der Waals surface area contributed by atoms with E-state index in [0.29, 0.717) is 31.9 Å². The Labute approximate surface area is 130 Å². The second kappa shape index (κ2) is 7.28. The summed E-state index contributed by atoms with van der Waals surface area (Å²) in [5.74, 6) is 0. The molecule has 1 heterocycles. The van der Waals surface area contributed by atoms with Crippen molar-refractivity contribution in [2.75, 3.05) is 39.4 Å². The Bertz CT molecular complexity index is 581. The highest BCUT2D eigenvalue weighted by molar-refractivity contribution is 7.89. The lowest BCUT2D eigenvalue weighted by atomic mass is 10.2. The van der Waals surface area contributed by atoms with Crippen LogP contribution in [0.2, 0.25) is 0 Å². The summed E-state index contributed by atoms with van der Waals surface area (Å²) in [5, 5.41) is 0. The largest absolute Gasteiger partial charge is 0.389 e. The Hall–Kier alpha value is -1.06. The summed E-state index contributed by atoms with van der Waals surface area (Å²) in [4.78, 5) is 2.63. The average molecular weight is 329 g/mol. The number of hydrogen-bond donors (Lipinski definition) is 2. The van der Waals surface area contributed by atoms with E-state index in [4.69, 9.17) is 22.7 Å². The highest BCUT2D eigenvalue weighted by atomic mass is 32.2. The summed E-state index contributed by atoms with van der Waals surface area (Å²) in [7, 11) is -3.50. The number of morpholine rings is 1. The first kappa shape index (κ1) is 16.3. The van der Waals surface area contributed by atoms with Crippen molar-refractivity contribution in [3.05, 3.63) is 29.8 Å². The van der Waals surface area contributed by atoms with E-state index in [9.17, 15) is 8.42 Å². The Kier molecular flexibility index (Phi) is 5.65. The highest BCUT2D eigenvalue weighted by Crippen LogP contribution is 2.10. The molecule has 3 N–H and O–H groups in total. The first-order valence-corrected chi connectivity index (χ1v) is 8.58. The summed E-state index contributed by atoms with van der Waals surface area (Å²) in [6.07, 6.45) is 0. The molecule has 0 saturated carbocycles. The maximum Gasteiger partial charge on any atom is 0.240 e. The monoisotopic (exact) mass is 329 g/mol. The molecule has 0 atom stereocenters. The highest BCUT2D eigenvalue weighted by Gasteiger charge is 2.15. The Morgan fingerprint density at radius 2 is 1.90 bits per heavy atom. The molecular formula is C13H19N3O3S2. The van der Waals surface area contributed by atoms with Crippen LogP contribution in [0.1, 0.15) is 5.56 Å². The lowest BCUT2D eigenvalue weighted by molar-refractivity contribution is 0.0390. The van der Waals surface area contributed by atoms with Gasteiger partial charge in [0.25, 0.3) is 0 Å². The van der Waals surface area contributed by atoms with Crippen LogP contribution in [0.15, 0.2) is 29.2 Å². The lowest BCUT2D eigenvalue weighted by Crippen LogP contribution is -2.41. The Morgan fingerprint density at radius 1 is 1.29 bits per heavy atom. The number of benzene rings is 1. The van der Waals surface area contributed by atoms with Gasteiger partial charge in [0, 0.05) is 31.7 Å². The maximum absolute atomic E-state index is 12.1. The predicted molar refractivity (Wildman–Crippen MR) is 84.8 cm³/mol. The quantitative estimate of drug-likeness (QED) is 0.711. The van der Waals surface area contributed by atoms with E-state index in [1.54, 1.807) is 12.1 Å². The van der Waals surface area contributed by atoms with Crippen molar-refractivity contribution in [2.24, 2.45) is 5.73 Å². The molecule has 1 aliphatic heterocycles. The van der Waals surface area contributed by atoms with E-state index < -0.39 is 10.0 Å². The Morgan fingerprint density at radius 3 is 2.48 bits per heavy atom. The fraction of sp³-hybridized carbons (Fsp3) is 0.462. The molecule has 0 spiro atoms. The number of thiocarbonyl (C=S) groups is 1. The topological polar surface area (TPSA) is 84.7 Å². The molecule has 116 valence electrons. The van der Waals surface area contributed by atoms with Crippen LogP contribution in [0.3, 0.4) is 0 Å². The summed E-state index contributed by atoms with van der Waals surface area (Å²) in [5.41, 5.74) is 6.14. The van der Waals surface area contributed by atoms with E-state index in [-0.39, 0.29) is 9.88 Å². The molecule has 2 rings (SSSR count). The smallest absolute Gasteiger partial charge is 0.240 e. The van der Waals surface area contributed by atoms with Gasteiger partial charge in [-0.25, -0.2) is 13.1 Å². The molecule has 21 heavy (non-hydrogen) atoms. The lowest BCUT2D eigenvalue weighted by Gasteiger charge is -2.26. The second-order valence-corrected chi connectivity index (χ2v) is 6.95. The van der Waals surface area contributed by atoms with Crippen molar-refractivity contribution >= 4 is 27.2 Å². The van der Waals surface area contributed by atoms with Gasteiger partial charge in [0.1, 0.15) is 4.99 Å². The minimum Gasteiger partial charge on any atom is -0.389 e. The minimum absolute atomic E-state index is 0.212. The van der Waals surface area contributed by atoms with Gasteiger partial charge >= 0.3 is 0 Å². The molecule has 0 bridgehead atoms. The zero-order chi connectivity index (χ0) is 15.3. The molecule has 0 radical (unpaired) electrons. The second-order valence-electron chi connectivity index (χ2n) is 4.74. The van der Waals surface area contributed by atoms with Crippen LogP contribution in [0, 0.1) is 0 Å². The van der Waals surface area contributed by atoms with Crippen molar-refractivity contribution in [3.8, 4) is 0 Å². The first-order valence-electron chi connectivity index (χ1n) is 6.69. The van der Waals surface area contributed by atoms with Crippen LogP contribution in [-0.4, -0.2) is 57.7 Å². The predicted octanol–water partition coefficient (Wildman–Crippen LogP) is -0.0687. The van der Waals surface area contributed by atoms with E-state index >= 15 is 0 Å². The van der Waals surface area contributed by atoms with Gasteiger partial charge in [0.05, 0.1) is 18.1 Å². The SMILES string of the molecule is NC(=S)c1ccc(S(=O)(=O)NCCN2CCOCC2)cc1. The molecule has 1 saturated heterocycles. The van der Waals surface area contributed by atoms with E-state index in [0.717, 1.165) is 13.1 Å². The van der Waals surface area contributed by atoms with E-state index in [1.807, 2.05) is 0 Å². The van der Waals surface area contributed by atoms with Gasteiger partial charge in [-0.2, -0.15) is 0 Å². The molecule has 0 unspecified atom stereocenters. The molecule has 8 heteroatoms. The summed E-state index contributed by atoms with van der Waals surface area (Å²) < 4.78 is 32.1. The van der Waals surface area contributed by atoms with Gasteiger partial charge in [0.15, 0.2) is 0 Å². The van der Waals surface area contributed by atoms with Crippen LogP contribution in [0.5, 0.6) is 0 Å². The Balaban J connectivity index is 1.90. The number of rotatable bonds is 6. The maximum atomic E-state index is 12.1. The van der Waals surface area contributed by atoms with E-state index in [1.165, 1.54) is 12.1 Å². The van der Waals surface area contributed by atoms with Crippen LogP contribution in [0.25, 0.3) is 0 Å². The normalized spacial score (nSPS) is 16.8. The van der Waals surface area contributed by atoms with Gasteiger partial charge in [-0.05, 0) is 12.1 Å². The molecule has 1 aromatic carbocycles. The average Bonchev–Trinajstić information content (AvgIpc) is 2.48. The number of nitrogens with zero attached hydrogens (tertiary/aromatic N) is 1. The van der Waals surface area contributed by atoms with Crippen molar-refractivity contribution < 1.29 is 13.2 Å². The minimum atomic E-state index is -3.50. The molecule has 1 aliphatic rings. The fourth-order valence-corrected chi connectivity index (χ4v) is 3.20. The van der Waals surface area contributed by atoms with Crippen molar-refractivity contribution in [2.45, 2.75) is 4.90 Å². The third-order valence-corrected chi connectivity index (χ3v) is 4.99. The van der Waals surface area contributed by atoms with Crippen molar-refractivity contribution in [1.82, 2.24) is 9.62 Å². The fourth-order valence-electron chi connectivity index (χ4n) is 2.04. The first-order chi connectivity index (χ1) is 9.99. The molecular weight excluding hydrogens is 310 g/mol. The van der Waals surface area contributed by atoms with Crippen molar-refractivity contribution in [3.63, 3.8) is 0 Å². The third kappa shape index (κ3) is 4.72. The number of ether oxygens (including phenoxy) is 1. The van der Waals surface area contributed by atoms with Gasteiger partial charge in [-0.3, -0.25) is 4.90 Å². The van der Waals surface area contributed by atoms with Gasteiger partial charge < -0.3 is 10.5 Å². The standard InChI is InChI=1S/C13H19N3O3S2/c14-13(20)11-1-3-12(4-2-11)21(17,18)15-5-6-16-7-9-19-10-8-16/h1-4,15H,5-10H2,(H2,14,20). The molecule has 1 aromatic rings. The number of hydrogen-bond acceptors (Lipinski definition) is 5. The molecule has 0 aromatic heterocycles. The van der Waals surface area contributed by atoms with Crippen molar-refractivity contribution in [1.29, 1.82) is 0 Å². The van der Waals surface area contributed by atoms with Crippen LogP contribution in [0.4, 0.5) is 0 Å². The van der Waals surface area contributed by atoms with Gasteiger partial charge in [-0.1, -0.05) is 24.4 Å². The van der Waals surface area contributed by atoms with E-state index in [2.05, 4.69) is 9.62 Å². The van der Waals surface area contributed by atoms with Crippen LogP contribution in [-0.2, 0) is 14.8 Å². The van der Waals surface area contributed by atoms with Crippen LogP contribution < -0.4 is 10.5 Å². The zero-order valence-corrected chi connectivity index (χ0v) is 13.3. The third-order valence-electron chi connectivity index (χ3n) is 3.27. The molecule has 0 aliphatic carbocycles.